The van der Waals surface area contributed by atoms with E-state index < -0.39 is 0 Å². The molecule has 2 heterocycles. The lowest BCUT2D eigenvalue weighted by Crippen LogP contribution is -2.21. The maximum absolute atomic E-state index is 12.5. The molecule has 9 heteroatoms. The van der Waals surface area contributed by atoms with Crippen LogP contribution < -0.4 is 10.6 Å². The van der Waals surface area contributed by atoms with E-state index in [0.717, 1.165) is 16.8 Å². The van der Waals surface area contributed by atoms with Crippen molar-refractivity contribution in [3.05, 3.63) is 52.3 Å². The molecule has 2 N–H and O–H groups in total. The number of rotatable bonds is 5. The number of hydrogen-bond acceptors (Lipinski definition) is 6. The topological polar surface area (TPSA) is 102 Å². The van der Waals surface area contributed by atoms with Gasteiger partial charge < -0.3 is 10.6 Å². The number of aryl methyl sites for hydroxylation is 2. The van der Waals surface area contributed by atoms with Gasteiger partial charge in [-0.25, -0.2) is 9.67 Å². The molecule has 1 aromatic carbocycles. The van der Waals surface area contributed by atoms with E-state index in [-0.39, 0.29) is 24.1 Å². The standard InChI is InChI=1S/C17H18N6O2S/c1-10-4-5-11(2)13(8-10)19-16(25)15-12(3)23(22-21-15)9-14(24)20-17-18-6-7-26-17/h4-8H,9H2,1-3H3,(H,19,25)(H,18,20,24). The highest BCUT2D eigenvalue weighted by atomic mass is 32.1. The molecule has 0 spiro atoms. The lowest BCUT2D eigenvalue weighted by molar-refractivity contribution is -0.117. The maximum atomic E-state index is 12.5. The van der Waals surface area contributed by atoms with Gasteiger partial charge in [-0.3, -0.25) is 9.59 Å². The van der Waals surface area contributed by atoms with Crippen molar-refractivity contribution in [2.75, 3.05) is 10.6 Å². The number of benzene rings is 1. The molecule has 0 saturated heterocycles. The Morgan fingerprint density at radius 3 is 2.73 bits per heavy atom. The third-order valence-electron chi connectivity index (χ3n) is 3.81. The minimum Gasteiger partial charge on any atom is -0.320 e. The number of carbonyl (C=O) groups is 2. The molecule has 0 aliphatic rings. The molecule has 0 fully saturated rings. The van der Waals surface area contributed by atoms with Gasteiger partial charge in [-0.1, -0.05) is 17.3 Å². The summed E-state index contributed by atoms with van der Waals surface area (Å²) in [4.78, 5) is 28.6. The highest BCUT2D eigenvalue weighted by molar-refractivity contribution is 7.13. The predicted octanol–water partition coefficient (Wildman–Crippen LogP) is 2.55. The van der Waals surface area contributed by atoms with Gasteiger partial charge in [-0.15, -0.1) is 16.4 Å². The van der Waals surface area contributed by atoms with Gasteiger partial charge in [-0.05, 0) is 38.0 Å². The molecule has 0 atom stereocenters. The van der Waals surface area contributed by atoms with E-state index >= 15 is 0 Å². The van der Waals surface area contributed by atoms with Gasteiger partial charge in [0.2, 0.25) is 5.91 Å². The van der Waals surface area contributed by atoms with Crippen LogP contribution in [0.1, 0.15) is 27.3 Å². The molecule has 0 aliphatic carbocycles. The van der Waals surface area contributed by atoms with E-state index in [2.05, 4.69) is 25.9 Å². The summed E-state index contributed by atoms with van der Waals surface area (Å²) in [6, 6.07) is 5.82. The number of nitrogens with zero attached hydrogens (tertiary/aromatic N) is 4. The van der Waals surface area contributed by atoms with Crippen LogP contribution in [0.25, 0.3) is 0 Å². The van der Waals surface area contributed by atoms with Crippen molar-refractivity contribution in [1.29, 1.82) is 0 Å². The van der Waals surface area contributed by atoms with Gasteiger partial charge in [0.05, 0.1) is 5.69 Å². The van der Waals surface area contributed by atoms with Crippen LogP contribution in [0.4, 0.5) is 10.8 Å². The summed E-state index contributed by atoms with van der Waals surface area (Å²) in [5.74, 6) is -0.641. The molecule has 0 saturated carbocycles. The molecule has 26 heavy (non-hydrogen) atoms. The van der Waals surface area contributed by atoms with Crippen LogP contribution in [-0.2, 0) is 11.3 Å². The minimum absolute atomic E-state index is 0.0465. The molecule has 2 aromatic heterocycles. The van der Waals surface area contributed by atoms with Crippen LogP contribution in [0.2, 0.25) is 0 Å². The van der Waals surface area contributed by atoms with Crippen LogP contribution in [0.3, 0.4) is 0 Å². The first-order valence-corrected chi connectivity index (χ1v) is 8.80. The zero-order valence-corrected chi connectivity index (χ0v) is 15.4. The Labute approximate surface area is 154 Å². The van der Waals surface area contributed by atoms with E-state index in [1.807, 2.05) is 32.0 Å². The number of thiazole rings is 1. The SMILES string of the molecule is Cc1ccc(C)c(NC(=O)c2nnn(CC(=O)Nc3nccs3)c2C)c1. The van der Waals surface area contributed by atoms with Crippen molar-refractivity contribution in [2.45, 2.75) is 27.3 Å². The Balaban J connectivity index is 1.70. The Morgan fingerprint density at radius 2 is 2.00 bits per heavy atom. The van der Waals surface area contributed by atoms with E-state index in [4.69, 9.17) is 0 Å². The van der Waals surface area contributed by atoms with E-state index in [1.54, 1.807) is 18.5 Å². The average Bonchev–Trinajstić information content (AvgIpc) is 3.21. The van der Waals surface area contributed by atoms with Crippen molar-refractivity contribution < 1.29 is 9.59 Å². The van der Waals surface area contributed by atoms with Crippen LogP contribution in [0.5, 0.6) is 0 Å². The summed E-state index contributed by atoms with van der Waals surface area (Å²) >= 11 is 1.33. The number of aromatic nitrogens is 4. The van der Waals surface area contributed by atoms with E-state index in [1.165, 1.54) is 16.0 Å². The second kappa shape index (κ2) is 7.44. The molecule has 0 bridgehead atoms. The van der Waals surface area contributed by atoms with Crippen LogP contribution in [0.15, 0.2) is 29.8 Å². The quantitative estimate of drug-likeness (QED) is 0.719. The lowest BCUT2D eigenvalue weighted by Gasteiger charge is -2.08. The third kappa shape index (κ3) is 3.94. The van der Waals surface area contributed by atoms with Crippen molar-refractivity contribution in [2.24, 2.45) is 0 Å². The second-order valence-electron chi connectivity index (χ2n) is 5.84. The number of amides is 2. The van der Waals surface area contributed by atoms with Gasteiger partial charge in [0.25, 0.3) is 5.91 Å². The summed E-state index contributed by atoms with van der Waals surface area (Å²) in [6.07, 6.45) is 1.61. The zero-order valence-electron chi connectivity index (χ0n) is 14.6. The number of nitrogens with one attached hydrogen (secondary N) is 2. The normalized spacial score (nSPS) is 10.6. The predicted molar refractivity (Wildman–Crippen MR) is 99.4 cm³/mol. The summed E-state index contributed by atoms with van der Waals surface area (Å²) in [7, 11) is 0. The first kappa shape index (κ1) is 17.7. The Morgan fingerprint density at radius 1 is 1.19 bits per heavy atom. The summed E-state index contributed by atoms with van der Waals surface area (Å²) in [6.45, 7) is 5.53. The Bertz CT molecular complexity index is 948. The molecule has 0 unspecified atom stereocenters. The Kier molecular flexibility index (Phi) is 5.08. The fourth-order valence-corrected chi connectivity index (χ4v) is 2.90. The largest absolute Gasteiger partial charge is 0.320 e. The van der Waals surface area contributed by atoms with Crippen molar-refractivity contribution in [3.8, 4) is 0 Å². The molecule has 2 amide bonds. The highest BCUT2D eigenvalue weighted by Gasteiger charge is 2.19. The molecule has 8 nitrogen and oxygen atoms in total. The van der Waals surface area contributed by atoms with Crippen molar-refractivity contribution in [3.63, 3.8) is 0 Å². The van der Waals surface area contributed by atoms with Gasteiger partial charge >= 0.3 is 0 Å². The van der Waals surface area contributed by atoms with Crippen LogP contribution in [0, 0.1) is 20.8 Å². The third-order valence-corrected chi connectivity index (χ3v) is 4.50. The fourth-order valence-electron chi connectivity index (χ4n) is 2.35. The second-order valence-corrected chi connectivity index (χ2v) is 6.73. The first-order valence-electron chi connectivity index (χ1n) is 7.92. The van der Waals surface area contributed by atoms with E-state index in [9.17, 15) is 9.59 Å². The Hall–Kier alpha value is -3.07. The number of hydrogen-bond donors (Lipinski definition) is 2. The van der Waals surface area contributed by atoms with Gasteiger partial charge in [0, 0.05) is 17.3 Å². The number of carbonyl (C=O) groups excluding carboxylic acids is 2. The molecule has 0 radical (unpaired) electrons. The van der Waals surface area contributed by atoms with Crippen molar-refractivity contribution >= 4 is 34.0 Å². The molecule has 3 aromatic rings. The molecule has 134 valence electrons. The van der Waals surface area contributed by atoms with Gasteiger partial charge in [0.1, 0.15) is 6.54 Å². The summed E-state index contributed by atoms with van der Waals surface area (Å²) in [5, 5.41) is 15.6. The zero-order chi connectivity index (χ0) is 18.7. The van der Waals surface area contributed by atoms with Crippen LogP contribution in [-0.4, -0.2) is 31.8 Å². The molecule has 3 rings (SSSR count). The van der Waals surface area contributed by atoms with Crippen LogP contribution >= 0.6 is 11.3 Å². The summed E-state index contributed by atoms with van der Waals surface area (Å²) in [5.41, 5.74) is 3.43. The van der Waals surface area contributed by atoms with Gasteiger partial charge in [0.15, 0.2) is 10.8 Å². The first-order chi connectivity index (χ1) is 12.4. The smallest absolute Gasteiger partial charge is 0.278 e. The monoisotopic (exact) mass is 370 g/mol. The molecule has 0 aliphatic heterocycles. The van der Waals surface area contributed by atoms with Gasteiger partial charge in [-0.2, -0.15) is 0 Å². The number of anilines is 2. The molecular formula is C17H18N6O2S. The van der Waals surface area contributed by atoms with E-state index in [0.29, 0.717) is 10.8 Å². The lowest BCUT2D eigenvalue weighted by atomic mass is 10.1. The average molecular weight is 370 g/mol. The molecular weight excluding hydrogens is 352 g/mol. The van der Waals surface area contributed by atoms with Crippen molar-refractivity contribution in [1.82, 2.24) is 20.0 Å². The summed E-state index contributed by atoms with van der Waals surface area (Å²) < 4.78 is 1.39. The minimum atomic E-state index is -0.359. The highest BCUT2D eigenvalue weighted by Crippen LogP contribution is 2.18. The fraction of sp³-hybridized carbons (Fsp3) is 0.235. The maximum Gasteiger partial charge on any atom is 0.278 e.